The van der Waals surface area contributed by atoms with Crippen molar-refractivity contribution >= 4 is 29.7 Å². The number of carbonyl (C=O) groups is 5. The van der Waals surface area contributed by atoms with Gasteiger partial charge in [0.25, 0.3) is 0 Å². The largest absolute Gasteiger partial charge is 0.466 e. The molecule has 0 spiro atoms. The van der Waals surface area contributed by atoms with E-state index in [1.807, 2.05) is 6.92 Å². The molecule has 1 rings (SSSR count). The number of esters is 2. The van der Waals surface area contributed by atoms with Crippen molar-refractivity contribution in [2.75, 3.05) is 6.61 Å². The lowest BCUT2D eigenvalue weighted by atomic mass is 9.85. The second-order valence-corrected chi connectivity index (χ2v) is 15.9. The fourth-order valence-electron chi connectivity index (χ4n) is 6.89. The maximum Gasteiger partial charge on any atom is 0.329 e. The van der Waals surface area contributed by atoms with Gasteiger partial charge in [0.1, 0.15) is 18.2 Å². The molecule has 0 aliphatic carbocycles. The van der Waals surface area contributed by atoms with Crippen molar-refractivity contribution in [3.63, 3.8) is 0 Å². The Morgan fingerprint density at radius 3 is 1.80 bits per heavy atom. The third-order valence-corrected chi connectivity index (χ3v) is 10.4. The van der Waals surface area contributed by atoms with Gasteiger partial charge in [-0.3, -0.25) is 19.2 Å². The summed E-state index contributed by atoms with van der Waals surface area (Å²) in [6, 6.07) is -1.92. The first kappa shape index (κ1) is 48.8. The summed E-state index contributed by atoms with van der Waals surface area (Å²) in [6.07, 6.45) is 25.7. The highest BCUT2D eigenvalue weighted by molar-refractivity contribution is 5.94. The maximum atomic E-state index is 13.9. The van der Waals surface area contributed by atoms with Gasteiger partial charge >= 0.3 is 11.9 Å². The monoisotopic (exact) mass is 760 g/mol. The van der Waals surface area contributed by atoms with Crippen LogP contribution < -0.4 is 16.0 Å². The molecule has 0 fully saturated rings. The number of amides is 3. The third kappa shape index (κ3) is 22.3. The molecule has 10 heteroatoms. The van der Waals surface area contributed by atoms with Crippen molar-refractivity contribution < 1.29 is 33.4 Å². The van der Waals surface area contributed by atoms with Gasteiger partial charge < -0.3 is 25.4 Å². The molecular weight excluding hydrogens is 682 g/mol. The van der Waals surface area contributed by atoms with E-state index < -0.39 is 47.8 Å². The van der Waals surface area contributed by atoms with Crippen LogP contribution in [0.4, 0.5) is 0 Å². The number of hydrogen-bond acceptors (Lipinski definition) is 7. The van der Waals surface area contributed by atoms with Crippen LogP contribution in [0.5, 0.6) is 0 Å². The van der Waals surface area contributed by atoms with Gasteiger partial charge in [0.05, 0.1) is 12.5 Å². The molecule has 10 nitrogen and oxygen atoms in total. The first-order chi connectivity index (χ1) is 25.9. The van der Waals surface area contributed by atoms with Gasteiger partial charge in [-0.05, 0) is 44.1 Å². The van der Waals surface area contributed by atoms with Crippen LogP contribution >= 0.6 is 0 Å². The Morgan fingerprint density at radius 2 is 1.26 bits per heavy atom. The summed E-state index contributed by atoms with van der Waals surface area (Å²) >= 11 is 0. The van der Waals surface area contributed by atoms with Crippen LogP contribution in [0.3, 0.4) is 0 Å². The van der Waals surface area contributed by atoms with Gasteiger partial charge in [0, 0.05) is 18.2 Å². The van der Waals surface area contributed by atoms with Crippen LogP contribution in [0, 0.1) is 17.8 Å². The van der Waals surface area contributed by atoms with E-state index in [4.69, 9.17) is 9.47 Å². The lowest BCUT2D eigenvalue weighted by Gasteiger charge is -2.33. The smallest absolute Gasteiger partial charge is 0.329 e. The molecule has 3 amide bonds. The molecule has 54 heavy (non-hydrogen) atoms. The highest BCUT2D eigenvalue weighted by atomic mass is 16.5. The predicted octanol–water partition coefficient (Wildman–Crippen LogP) is 9.16. The molecule has 5 atom stereocenters. The molecule has 0 saturated carbocycles. The third-order valence-electron chi connectivity index (χ3n) is 10.4. The zero-order valence-electron chi connectivity index (χ0n) is 34.9. The topological polar surface area (TPSA) is 140 Å². The standard InChI is InChI=1S/C44H77N3O7/c1-8-10-12-14-15-16-17-18-19-20-21-22-23-24-26-28-39(49)53-32-31-37-41(34(5)27-25-13-11-9-2)54-44(52)40(33(3)4)47-42(50)36(7)46-38(48)30-29-35(6)45-43(37)51/h29-30,33-34,36-37,40-41H,6,8-28,31-32H2,1-5,7H3,(H,45,51)(H,46,48)(H,47,50)/b30-29+/t34-,36-,37+,40+,41+/m1/s1. The van der Waals surface area contributed by atoms with Crippen molar-refractivity contribution in [1.82, 2.24) is 16.0 Å². The predicted molar refractivity (Wildman–Crippen MR) is 217 cm³/mol. The minimum atomic E-state index is -1.00. The van der Waals surface area contributed by atoms with Gasteiger partial charge in [0.2, 0.25) is 17.7 Å². The summed E-state index contributed by atoms with van der Waals surface area (Å²) in [7, 11) is 0. The normalized spacial score (nSPS) is 21.4. The molecule has 0 unspecified atom stereocenters. The molecule has 1 aliphatic heterocycles. The van der Waals surface area contributed by atoms with Crippen molar-refractivity contribution in [3.8, 4) is 0 Å². The van der Waals surface area contributed by atoms with Crippen molar-refractivity contribution in [3.05, 3.63) is 24.4 Å². The SMILES string of the molecule is C=C1/C=C/C(=O)N[C@H](C)C(=O)N[C@@H](C(C)C)C(=O)O[C@@H]([C@H](C)CCCCCC)[C@H](CCOC(=O)CCCCCCCCCCCCCCCCC)C(=O)N1. The van der Waals surface area contributed by atoms with Crippen LogP contribution in [0.1, 0.15) is 183 Å². The van der Waals surface area contributed by atoms with E-state index in [9.17, 15) is 24.0 Å². The van der Waals surface area contributed by atoms with Crippen molar-refractivity contribution in [2.24, 2.45) is 17.8 Å². The van der Waals surface area contributed by atoms with Gasteiger partial charge in [-0.1, -0.05) is 157 Å². The van der Waals surface area contributed by atoms with Gasteiger partial charge in [-0.15, -0.1) is 0 Å². The van der Waals surface area contributed by atoms with Crippen LogP contribution in [0.2, 0.25) is 0 Å². The van der Waals surface area contributed by atoms with Crippen molar-refractivity contribution in [1.29, 1.82) is 0 Å². The van der Waals surface area contributed by atoms with Gasteiger partial charge in [-0.25, -0.2) is 4.79 Å². The first-order valence-electron chi connectivity index (χ1n) is 21.6. The highest BCUT2D eigenvalue weighted by Gasteiger charge is 2.38. The molecular formula is C44H77N3O7. The number of unbranched alkanes of at least 4 members (excludes halogenated alkanes) is 17. The first-order valence-corrected chi connectivity index (χ1v) is 21.6. The summed E-state index contributed by atoms with van der Waals surface area (Å²) in [4.78, 5) is 65.8. The van der Waals surface area contributed by atoms with E-state index in [-0.39, 0.29) is 36.5 Å². The zero-order valence-corrected chi connectivity index (χ0v) is 34.9. The van der Waals surface area contributed by atoms with Crippen LogP contribution in [-0.2, 0) is 33.4 Å². The minimum Gasteiger partial charge on any atom is -0.466 e. The van der Waals surface area contributed by atoms with E-state index in [1.54, 1.807) is 13.8 Å². The molecule has 310 valence electrons. The number of carbonyl (C=O) groups excluding carboxylic acids is 5. The average molecular weight is 760 g/mol. The van der Waals surface area contributed by atoms with Crippen LogP contribution in [0.15, 0.2) is 24.4 Å². The Hall–Kier alpha value is -3.17. The Morgan fingerprint density at radius 1 is 0.741 bits per heavy atom. The number of allylic oxidation sites excluding steroid dienone is 1. The molecule has 0 aromatic rings. The summed E-state index contributed by atoms with van der Waals surface area (Å²) in [6.45, 7) is 15.3. The number of ether oxygens (including phenoxy) is 2. The molecule has 0 aromatic heterocycles. The van der Waals surface area contributed by atoms with E-state index in [0.29, 0.717) is 6.42 Å². The number of nitrogens with one attached hydrogen (secondary N) is 3. The zero-order chi connectivity index (χ0) is 40.1. The highest BCUT2D eigenvalue weighted by Crippen LogP contribution is 2.27. The molecule has 0 aromatic carbocycles. The van der Waals surface area contributed by atoms with E-state index in [2.05, 4.69) is 36.4 Å². The molecule has 0 bridgehead atoms. The summed E-state index contributed by atoms with van der Waals surface area (Å²) in [5.41, 5.74) is 0.165. The van der Waals surface area contributed by atoms with E-state index in [0.717, 1.165) is 51.4 Å². The quantitative estimate of drug-likeness (QED) is 0.0590. The maximum absolute atomic E-state index is 13.9. The number of cyclic esters (lactones) is 1. The Kier molecular flexibility index (Phi) is 27.2. The molecule has 3 N–H and O–H groups in total. The molecule has 0 radical (unpaired) electrons. The van der Waals surface area contributed by atoms with E-state index in [1.165, 1.54) is 96.1 Å². The second-order valence-electron chi connectivity index (χ2n) is 15.9. The van der Waals surface area contributed by atoms with E-state index >= 15 is 0 Å². The molecule has 1 heterocycles. The summed E-state index contributed by atoms with van der Waals surface area (Å²) in [5, 5.41) is 8.05. The Bertz CT molecular complexity index is 1140. The van der Waals surface area contributed by atoms with Crippen molar-refractivity contribution in [2.45, 2.75) is 201 Å². The fraction of sp³-hybridized carbons (Fsp3) is 0.795. The second kappa shape index (κ2) is 30.1. The van der Waals surface area contributed by atoms with Gasteiger partial charge in [-0.2, -0.15) is 0 Å². The Balaban J connectivity index is 2.83. The lowest BCUT2D eigenvalue weighted by Crippen LogP contribution is -2.53. The number of hydrogen-bond donors (Lipinski definition) is 3. The fourth-order valence-corrected chi connectivity index (χ4v) is 6.89. The van der Waals surface area contributed by atoms with Gasteiger partial charge in [0.15, 0.2) is 0 Å². The van der Waals surface area contributed by atoms with Crippen LogP contribution in [-0.4, -0.2) is 54.5 Å². The average Bonchev–Trinajstić information content (AvgIpc) is 3.13. The van der Waals surface area contributed by atoms with Crippen LogP contribution in [0.25, 0.3) is 0 Å². The summed E-state index contributed by atoms with van der Waals surface area (Å²) < 4.78 is 11.8. The minimum absolute atomic E-state index is 0.0150. The summed E-state index contributed by atoms with van der Waals surface area (Å²) in [5.74, 6) is -3.90. The molecule has 0 saturated heterocycles. The number of rotatable bonds is 26. The lowest BCUT2D eigenvalue weighted by molar-refractivity contribution is -0.164. The molecule has 1 aliphatic rings. The Labute approximate surface area is 328 Å².